The molecule has 2 rings (SSSR count). The Morgan fingerprint density at radius 3 is 1.37 bits per heavy atom. The van der Waals surface area contributed by atoms with E-state index in [1.807, 2.05) is 0 Å². The van der Waals surface area contributed by atoms with Gasteiger partial charge in [0.25, 0.3) is 0 Å². The molecule has 41 heavy (non-hydrogen) atoms. The maximum atomic E-state index is 11.9. The first-order valence-corrected chi connectivity index (χ1v) is 20.7. The van der Waals surface area contributed by atoms with Crippen LogP contribution in [-0.2, 0) is 19.1 Å². The van der Waals surface area contributed by atoms with Gasteiger partial charge in [-0.05, 0) is 37.8 Å². The van der Waals surface area contributed by atoms with Crippen molar-refractivity contribution in [1.82, 2.24) is 0 Å². The minimum Gasteiger partial charge on any atom is -0.372 e. The molecule has 0 bridgehead atoms. The van der Waals surface area contributed by atoms with E-state index in [2.05, 4.69) is 167 Å². The van der Waals surface area contributed by atoms with Crippen LogP contribution >= 0.6 is 151 Å². The van der Waals surface area contributed by atoms with Gasteiger partial charge < -0.3 is 9.47 Å². The molecule has 0 saturated heterocycles. The molecule has 0 radical (unpaired) electrons. The van der Waals surface area contributed by atoms with Crippen molar-refractivity contribution in [1.29, 1.82) is 0 Å². The van der Waals surface area contributed by atoms with Gasteiger partial charge in [0.1, 0.15) is 25.1 Å². The zero-order chi connectivity index (χ0) is 31.6. The molecule has 0 amide bonds. The van der Waals surface area contributed by atoms with Crippen LogP contribution in [0, 0.1) is 5.41 Å². The van der Waals surface area contributed by atoms with Crippen molar-refractivity contribution in [2.75, 3.05) is 24.7 Å². The molecule has 2 unspecified atom stereocenters. The van der Waals surface area contributed by atoms with E-state index in [-0.39, 0.29) is 27.9 Å². The van der Waals surface area contributed by atoms with E-state index < -0.39 is 12.9 Å². The van der Waals surface area contributed by atoms with Crippen LogP contribution in [0.2, 0.25) is 0 Å². The number of carbonyl (C=O) groups is 2. The molecule has 2 aliphatic carbocycles. The first-order chi connectivity index (χ1) is 18.5. The molecular weight excluding hydrogens is 1090 g/mol. The Hall–Kier alpha value is 2.76. The Balaban J connectivity index is 2.23. The Morgan fingerprint density at radius 2 is 1.10 bits per heavy atom. The molecule has 0 aromatic carbocycles. The highest BCUT2D eigenvalue weighted by molar-refractivity contribution is 9.27. The van der Waals surface area contributed by atoms with E-state index >= 15 is 0 Å². The number of thioether (sulfide) groups is 2. The molecular formula is C27H32Br8O4S2. The molecule has 0 spiro atoms. The minimum absolute atomic E-state index is 0.0245. The van der Waals surface area contributed by atoms with E-state index in [1.165, 1.54) is 34.7 Å². The van der Waals surface area contributed by atoms with Crippen LogP contribution < -0.4 is 0 Å². The van der Waals surface area contributed by atoms with E-state index in [0.717, 1.165) is 0 Å². The largest absolute Gasteiger partial charge is 0.372 e. The van der Waals surface area contributed by atoms with Gasteiger partial charge in [-0.2, -0.15) is 0 Å². The Kier molecular flexibility index (Phi) is 15.4. The van der Waals surface area contributed by atoms with Gasteiger partial charge in [0.05, 0.1) is 13.2 Å². The summed E-state index contributed by atoms with van der Waals surface area (Å²) in [5.74, 6) is 1.07. The summed E-state index contributed by atoms with van der Waals surface area (Å²) in [5, 5.41) is -0.0490. The number of alkyl halides is 8. The molecule has 0 aromatic rings. The number of hydrogen-bond acceptors (Lipinski definition) is 6. The third-order valence-corrected chi connectivity index (χ3v) is 13.9. The SMILES string of the molecule is C=C(C)C(=O)SCCOC1C(Br)(Br)C=C(C(C)(C)C2=CC(Br)(Br)C(OCCSC(=O)C(=C)C)C(Br)(Br)C2)CC1(Br)Br. The predicted octanol–water partition coefficient (Wildman–Crippen LogP) is 11.1. The minimum atomic E-state index is -0.666. The van der Waals surface area contributed by atoms with Crippen LogP contribution in [0.15, 0.2) is 47.6 Å². The van der Waals surface area contributed by atoms with Gasteiger partial charge in [0.2, 0.25) is 10.2 Å². The molecule has 2 aliphatic rings. The number of carbonyl (C=O) groups excluding carboxylic acids is 2. The Bertz CT molecular complexity index is 1030. The standard InChI is InChI=1S/C27H32Br8O4S2/c1-15(2)19(36)40-9-7-38-21-24(28,29)11-17(12-25(21,30)31)23(5,6)18-13-26(32,33)22(27(34,35)14-18)39-8-10-41-20(37)16(3)4/h11,13,21-22H,1,3,7-10,12,14H2,2,4-6H3. The molecule has 0 N–H and O–H groups in total. The zero-order valence-electron chi connectivity index (χ0n) is 22.9. The number of allylic oxidation sites excluding steroid dienone is 2. The van der Waals surface area contributed by atoms with E-state index in [1.54, 1.807) is 13.8 Å². The summed E-state index contributed by atoms with van der Waals surface area (Å²) in [4.78, 5) is 23.8. The van der Waals surface area contributed by atoms with Crippen molar-refractivity contribution >= 4 is 161 Å². The normalized spacial score (nSPS) is 24.7. The maximum Gasteiger partial charge on any atom is 0.214 e. The van der Waals surface area contributed by atoms with Crippen molar-refractivity contribution in [2.45, 2.75) is 65.7 Å². The van der Waals surface area contributed by atoms with Crippen LogP contribution in [0.25, 0.3) is 0 Å². The van der Waals surface area contributed by atoms with Crippen molar-refractivity contribution < 1.29 is 19.1 Å². The van der Waals surface area contributed by atoms with Gasteiger partial charge in [-0.25, -0.2) is 0 Å². The molecule has 2 atom stereocenters. The fraction of sp³-hybridized carbons (Fsp3) is 0.630. The number of halogens is 8. The lowest BCUT2D eigenvalue weighted by molar-refractivity contribution is -0.108. The Morgan fingerprint density at radius 1 is 0.780 bits per heavy atom. The number of rotatable bonds is 12. The summed E-state index contributed by atoms with van der Waals surface area (Å²) < 4.78 is 10.1. The van der Waals surface area contributed by atoms with Gasteiger partial charge in [-0.3, -0.25) is 9.59 Å². The second-order valence-corrected chi connectivity index (χ2v) is 27.8. The zero-order valence-corrected chi connectivity index (χ0v) is 37.3. The number of hydrogen-bond donors (Lipinski definition) is 0. The van der Waals surface area contributed by atoms with E-state index in [9.17, 15) is 9.59 Å². The quantitative estimate of drug-likeness (QED) is 0.0840. The van der Waals surface area contributed by atoms with Crippen molar-refractivity contribution in [2.24, 2.45) is 5.41 Å². The van der Waals surface area contributed by atoms with Crippen LogP contribution in [-0.4, -0.2) is 60.1 Å². The van der Waals surface area contributed by atoms with Crippen LogP contribution in [0.3, 0.4) is 0 Å². The monoisotopic (exact) mass is 1120 g/mol. The van der Waals surface area contributed by atoms with Gasteiger partial charge in [-0.1, -0.05) is 201 Å². The smallest absolute Gasteiger partial charge is 0.214 e. The molecule has 14 heteroatoms. The first kappa shape index (κ1) is 39.9. The average molecular weight is 1120 g/mol. The topological polar surface area (TPSA) is 52.6 Å². The van der Waals surface area contributed by atoms with E-state index in [4.69, 9.17) is 9.47 Å². The lowest BCUT2D eigenvalue weighted by atomic mass is 9.69. The molecule has 0 aliphatic heterocycles. The van der Waals surface area contributed by atoms with Gasteiger partial charge in [-0.15, -0.1) is 0 Å². The maximum absolute atomic E-state index is 11.9. The second kappa shape index (κ2) is 15.8. The molecule has 0 heterocycles. The van der Waals surface area contributed by atoms with Crippen molar-refractivity contribution in [3.05, 3.63) is 47.6 Å². The molecule has 4 nitrogen and oxygen atoms in total. The second-order valence-electron chi connectivity index (χ2n) is 10.5. The van der Waals surface area contributed by atoms with Gasteiger partial charge >= 0.3 is 0 Å². The van der Waals surface area contributed by atoms with Crippen LogP contribution in [0.5, 0.6) is 0 Å². The summed E-state index contributed by atoms with van der Waals surface area (Å²) in [7, 11) is 0. The third kappa shape index (κ3) is 10.9. The first-order valence-electron chi connectivity index (χ1n) is 12.4. The summed E-state index contributed by atoms with van der Waals surface area (Å²) in [6.07, 6.45) is 5.06. The van der Waals surface area contributed by atoms with E-state index in [0.29, 0.717) is 48.7 Å². The fourth-order valence-electron chi connectivity index (χ4n) is 4.30. The summed E-state index contributed by atoms with van der Waals surface area (Å²) in [6.45, 7) is 16.1. The number of ether oxygens (including phenoxy) is 2. The van der Waals surface area contributed by atoms with Crippen LogP contribution in [0.1, 0.15) is 40.5 Å². The highest BCUT2D eigenvalue weighted by Gasteiger charge is 2.55. The molecule has 232 valence electrons. The van der Waals surface area contributed by atoms with Gasteiger partial charge in [0, 0.05) is 16.9 Å². The molecule has 0 aromatic heterocycles. The summed E-state index contributed by atoms with van der Waals surface area (Å²) in [6, 6.07) is 0. The highest BCUT2D eigenvalue weighted by Crippen LogP contribution is 2.60. The van der Waals surface area contributed by atoms with Crippen molar-refractivity contribution in [3.63, 3.8) is 0 Å². The Labute approximate surface area is 319 Å². The lowest BCUT2D eigenvalue weighted by Gasteiger charge is -2.49. The summed E-state index contributed by atoms with van der Waals surface area (Å²) in [5.41, 5.74) is 3.10. The molecule has 0 fully saturated rings. The highest BCUT2D eigenvalue weighted by atomic mass is 79.9. The van der Waals surface area contributed by atoms with Gasteiger partial charge in [0.15, 0.2) is 0 Å². The van der Waals surface area contributed by atoms with Crippen LogP contribution in [0.4, 0.5) is 0 Å². The lowest BCUT2D eigenvalue weighted by Crippen LogP contribution is -2.51. The van der Waals surface area contributed by atoms with Crippen molar-refractivity contribution in [3.8, 4) is 0 Å². The average Bonchev–Trinajstić information content (AvgIpc) is 2.79. The molecule has 0 saturated carbocycles. The fourth-order valence-corrected chi connectivity index (χ4v) is 14.4. The third-order valence-electron chi connectivity index (χ3n) is 6.56. The summed E-state index contributed by atoms with van der Waals surface area (Å²) >= 11 is 33.5. The predicted molar refractivity (Wildman–Crippen MR) is 206 cm³/mol.